The minimum absolute atomic E-state index is 0.00490. The first-order valence-electron chi connectivity index (χ1n) is 9.11. The van der Waals surface area contributed by atoms with Gasteiger partial charge in [0.15, 0.2) is 0 Å². The summed E-state index contributed by atoms with van der Waals surface area (Å²) in [7, 11) is 4.80. The highest BCUT2D eigenvalue weighted by molar-refractivity contribution is 6.33. The third-order valence-corrected chi connectivity index (χ3v) is 5.38. The normalized spacial score (nSPS) is 19.0. The molecule has 1 aromatic heterocycles. The largest absolute Gasteiger partial charge is 0.496 e. The van der Waals surface area contributed by atoms with Crippen molar-refractivity contribution in [2.75, 3.05) is 31.8 Å². The number of rotatable bonds is 5. The molecule has 162 valence electrons. The number of hydrogen-bond donors (Lipinski definition) is 2. The first kappa shape index (κ1) is 21.9. The van der Waals surface area contributed by atoms with Crippen LogP contribution in [0.15, 0.2) is 23.4 Å². The fourth-order valence-corrected chi connectivity index (χ4v) is 3.72. The number of ether oxygens (including phenoxy) is 1. The molecule has 1 aliphatic rings. The zero-order valence-electron chi connectivity index (χ0n) is 17.1. The van der Waals surface area contributed by atoms with Crippen LogP contribution in [0.3, 0.4) is 0 Å². The summed E-state index contributed by atoms with van der Waals surface area (Å²) < 4.78 is 44.7. The van der Waals surface area contributed by atoms with Crippen LogP contribution in [0.5, 0.6) is 5.75 Å². The Bertz CT molecular complexity index is 981. The molecule has 0 bridgehead atoms. The van der Waals surface area contributed by atoms with Crippen molar-refractivity contribution in [3.63, 3.8) is 0 Å². The third kappa shape index (κ3) is 4.09. The molecule has 0 radical (unpaired) electrons. The number of hydrogen-bond acceptors (Lipinski definition) is 7. The molecule has 1 aliphatic heterocycles. The van der Waals surface area contributed by atoms with Gasteiger partial charge in [0.25, 0.3) is 0 Å². The van der Waals surface area contributed by atoms with E-state index < -0.39 is 11.7 Å². The van der Waals surface area contributed by atoms with E-state index in [1.165, 1.54) is 7.05 Å². The number of nitrogens with one attached hydrogen (secondary N) is 2. The van der Waals surface area contributed by atoms with Crippen molar-refractivity contribution in [2.24, 2.45) is 5.10 Å². The number of alkyl halides is 3. The number of benzene rings is 1. The standard InChI is InChI=1S/C19H22ClF3N6O/c1-9-16(10(2)29(4)28-9)11-6-13(20)14(7-15(11)30-5)26-18-25-8-12(19(21,22)23)17(24-3)27-18/h6-8,10,16H,1-5H3,(H2,24,25,26,27). The van der Waals surface area contributed by atoms with Crippen molar-refractivity contribution in [1.29, 1.82) is 0 Å². The van der Waals surface area contributed by atoms with Gasteiger partial charge in [-0.25, -0.2) is 4.98 Å². The molecular formula is C19H22ClF3N6O. The van der Waals surface area contributed by atoms with E-state index in [4.69, 9.17) is 16.3 Å². The Morgan fingerprint density at radius 2 is 1.97 bits per heavy atom. The van der Waals surface area contributed by atoms with Gasteiger partial charge >= 0.3 is 6.18 Å². The zero-order valence-corrected chi connectivity index (χ0v) is 17.9. The number of aromatic nitrogens is 2. The predicted octanol–water partition coefficient (Wildman–Crippen LogP) is 4.74. The highest BCUT2D eigenvalue weighted by Crippen LogP contribution is 2.41. The van der Waals surface area contributed by atoms with Crippen LogP contribution in [0.25, 0.3) is 0 Å². The van der Waals surface area contributed by atoms with Crippen LogP contribution in [-0.2, 0) is 6.18 Å². The van der Waals surface area contributed by atoms with Crippen molar-refractivity contribution in [2.45, 2.75) is 32.0 Å². The number of hydrazone groups is 1. The Morgan fingerprint density at radius 1 is 1.27 bits per heavy atom. The van der Waals surface area contributed by atoms with Gasteiger partial charge in [0.1, 0.15) is 17.1 Å². The van der Waals surface area contributed by atoms with E-state index in [0.29, 0.717) is 16.5 Å². The van der Waals surface area contributed by atoms with Gasteiger partial charge in [-0.2, -0.15) is 23.3 Å². The lowest BCUT2D eigenvalue weighted by molar-refractivity contribution is -0.137. The molecule has 0 spiro atoms. The Kier molecular flexibility index (Phi) is 5.98. The number of halogens is 4. The molecule has 0 saturated carbocycles. The Hall–Kier alpha value is -2.75. The van der Waals surface area contributed by atoms with Gasteiger partial charge in [-0.3, -0.25) is 5.01 Å². The van der Waals surface area contributed by atoms with Gasteiger partial charge in [0.05, 0.1) is 23.9 Å². The minimum atomic E-state index is -4.57. The van der Waals surface area contributed by atoms with E-state index in [2.05, 4.69) is 32.6 Å². The summed E-state index contributed by atoms with van der Waals surface area (Å²) in [5.74, 6) is 0.198. The van der Waals surface area contributed by atoms with Gasteiger partial charge in [0, 0.05) is 43.6 Å². The molecular weight excluding hydrogens is 421 g/mol. The fourth-order valence-electron chi connectivity index (χ4n) is 3.50. The lowest BCUT2D eigenvalue weighted by Gasteiger charge is -2.24. The summed E-state index contributed by atoms with van der Waals surface area (Å²) in [6.07, 6.45) is -3.85. The first-order valence-corrected chi connectivity index (χ1v) is 9.49. The fraction of sp³-hybridized carbons (Fsp3) is 0.421. The summed E-state index contributed by atoms with van der Waals surface area (Å²) in [6, 6.07) is 3.56. The number of likely N-dealkylation sites (N-methyl/N-ethyl adjacent to an activating group) is 1. The van der Waals surface area contributed by atoms with E-state index in [9.17, 15) is 13.2 Å². The van der Waals surface area contributed by atoms with Crippen LogP contribution in [0.4, 0.5) is 30.6 Å². The van der Waals surface area contributed by atoms with Gasteiger partial charge in [0.2, 0.25) is 5.95 Å². The van der Waals surface area contributed by atoms with E-state index in [-0.39, 0.29) is 23.7 Å². The number of anilines is 3. The van der Waals surface area contributed by atoms with E-state index in [1.807, 2.05) is 19.0 Å². The van der Waals surface area contributed by atoms with Gasteiger partial charge in [-0.1, -0.05) is 11.6 Å². The molecule has 11 heteroatoms. The monoisotopic (exact) mass is 442 g/mol. The highest BCUT2D eigenvalue weighted by Gasteiger charge is 2.35. The average molecular weight is 443 g/mol. The van der Waals surface area contributed by atoms with Crippen molar-refractivity contribution < 1.29 is 17.9 Å². The summed E-state index contributed by atoms with van der Waals surface area (Å²) in [5.41, 5.74) is 1.26. The summed E-state index contributed by atoms with van der Waals surface area (Å²) in [4.78, 5) is 7.68. The van der Waals surface area contributed by atoms with Crippen molar-refractivity contribution in [3.8, 4) is 5.75 Å². The SMILES string of the molecule is CNc1nc(Nc2cc(OC)c(C3C(C)=NN(C)C3C)cc2Cl)ncc1C(F)(F)F. The molecule has 0 amide bonds. The number of methoxy groups -OCH3 is 1. The lowest BCUT2D eigenvalue weighted by atomic mass is 9.88. The molecule has 0 fully saturated rings. The summed E-state index contributed by atoms with van der Waals surface area (Å²) in [6.45, 7) is 4.00. The summed E-state index contributed by atoms with van der Waals surface area (Å²) >= 11 is 6.47. The second-order valence-electron chi connectivity index (χ2n) is 6.94. The first-order chi connectivity index (χ1) is 14.1. The topological polar surface area (TPSA) is 74.7 Å². The van der Waals surface area contributed by atoms with Crippen molar-refractivity contribution >= 4 is 34.8 Å². The maximum atomic E-state index is 13.0. The van der Waals surface area contributed by atoms with E-state index in [0.717, 1.165) is 17.5 Å². The molecule has 2 aromatic rings. The van der Waals surface area contributed by atoms with E-state index >= 15 is 0 Å². The zero-order chi connectivity index (χ0) is 22.2. The average Bonchev–Trinajstić information content (AvgIpc) is 2.93. The van der Waals surface area contributed by atoms with Crippen molar-refractivity contribution in [1.82, 2.24) is 15.0 Å². The molecule has 0 aliphatic carbocycles. The van der Waals surface area contributed by atoms with Crippen LogP contribution in [0, 0.1) is 0 Å². The van der Waals surface area contributed by atoms with Gasteiger partial charge < -0.3 is 15.4 Å². The maximum Gasteiger partial charge on any atom is 0.421 e. The number of nitrogens with zero attached hydrogens (tertiary/aromatic N) is 4. The molecule has 7 nitrogen and oxygen atoms in total. The van der Waals surface area contributed by atoms with Crippen LogP contribution in [0.2, 0.25) is 5.02 Å². The van der Waals surface area contributed by atoms with Gasteiger partial charge in [-0.15, -0.1) is 0 Å². The Morgan fingerprint density at radius 3 is 2.50 bits per heavy atom. The minimum Gasteiger partial charge on any atom is -0.496 e. The van der Waals surface area contributed by atoms with Crippen molar-refractivity contribution in [3.05, 3.63) is 34.5 Å². The molecule has 2 heterocycles. The summed E-state index contributed by atoms with van der Waals surface area (Å²) in [5, 5.41) is 12.0. The maximum absolute atomic E-state index is 13.0. The highest BCUT2D eigenvalue weighted by atomic mass is 35.5. The predicted molar refractivity (Wildman–Crippen MR) is 111 cm³/mol. The third-order valence-electron chi connectivity index (χ3n) is 5.07. The molecule has 30 heavy (non-hydrogen) atoms. The Balaban J connectivity index is 1.96. The van der Waals surface area contributed by atoms with Crippen LogP contribution in [0.1, 0.15) is 30.9 Å². The van der Waals surface area contributed by atoms with Crippen LogP contribution < -0.4 is 15.4 Å². The Labute approximate surface area is 177 Å². The smallest absolute Gasteiger partial charge is 0.421 e. The molecule has 0 saturated heterocycles. The second kappa shape index (κ2) is 8.17. The second-order valence-corrected chi connectivity index (χ2v) is 7.34. The molecule has 3 rings (SSSR count). The van der Waals surface area contributed by atoms with Crippen LogP contribution >= 0.6 is 11.6 Å². The van der Waals surface area contributed by atoms with Gasteiger partial charge in [-0.05, 0) is 19.9 Å². The quantitative estimate of drug-likeness (QED) is 0.697. The molecule has 1 aromatic carbocycles. The lowest BCUT2D eigenvalue weighted by Crippen LogP contribution is -2.26. The molecule has 2 N–H and O–H groups in total. The molecule has 2 atom stereocenters. The van der Waals surface area contributed by atoms with E-state index in [1.54, 1.807) is 19.2 Å². The van der Waals surface area contributed by atoms with Crippen LogP contribution in [-0.4, -0.2) is 47.9 Å². The molecule has 2 unspecified atom stereocenters.